The second-order valence-corrected chi connectivity index (χ2v) is 4.36. The van der Waals surface area contributed by atoms with Crippen LogP contribution in [-0.2, 0) is 13.0 Å². The van der Waals surface area contributed by atoms with Crippen molar-refractivity contribution in [2.24, 2.45) is 0 Å². The molecule has 0 amide bonds. The fourth-order valence-corrected chi connectivity index (χ4v) is 2.09. The highest BCUT2D eigenvalue weighted by Crippen LogP contribution is 2.16. The van der Waals surface area contributed by atoms with Gasteiger partial charge < -0.3 is 5.11 Å². The van der Waals surface area contributed by atoms with Gasteiger partial charge in [0.05, 0.1) is 6.20 Å². The van der Waals surface area contributed by atoms with Gasteiger partial charge >= 0.3 is 5.97 Å². The molecule has 88 valence electrons. The van der Waals surface area contributed by atoms with E-state index in [2.05, 4.69) is 21.0 Å². The first-order valence-electron chi connectivity index (χ1n) is 5.17. The first-order valence-corrected chi connectivity index (χ1v) is 5.96. The molecule has 2 rings (SSSR count). The van der Waals surface area contributed by atoms with Crippen molar-refractivity contribution in [3.8, 4) is 0 Å². The number of carboxylic acid groups (broad SMARTS) is 1. The van der Waals surface area contributed by atoms with E-state index in [4.69, 9.17) is 5.11 Å². The van der Waals surface area contributed by atoms with Crippen molar-refractivity contribution < 1.29 is 9.90 Å². The Hall–Kier alpha value is -1.62. The van der Waals surface area contributed by atoms with E-state index >= 15 is 0 Å². The lowest BCUT2D eigenvalue weighted by molar-refractivity contribution is 0.0695. The van der Waals surface area contributed by atoms with Gasteiger partial charge in [-0.25, -0.2) is 4.79 Å². The molecular weight excluding hydrogens is 284 g/mol. The predicted molar refractivity (Wildman–Crippen MR) is 67.0 cm³/mol. The van der Waals surface area contributed by atoms with Gasteiger partial charge in [-0.2, -0.15) is 5.10 Å². The fraction of sp³-hybridized carbons (Fsp3) is 0.167. The monoisotopic (exact) mass is 294 g/mol. The summed E-state index contributed by atoms with van der Waals surface area (Å²) < 4.78 is 2.16. The Balaban J connectivity index is 2.07. The predicted octanol–water partition coefficient (Wildman–Crippen LogP) is 2.59. The number of carbonyl (C=O) groups is 1. The average molecular weight is 295 g/mol. The lowest BCUT2D eigenvalue weighted by Gasteiger charge is -2.03. The zero-order valence-electron chi connectivity index (χ0n) is 9.01. The Morgan fingerprint density at radius 3 is 2.65 bits per heavy atom. The van der Waals surface area contributed by atoms with E-state index in [1.165, 1.54) is 11.8 Å². The molecule has 1 N–H and O–H groups in total. The molecule has 17 heavy (non-hydrogen) atoms. The van der Waals surface area contributed by atoms with Gasteiger partial charge in [0.25, 0.3) is 0 Å². The van der Waals surface area contributed by atoms with E-state index < -0.39 is 5.97 Å². The van der Waals surface area contributed by atoms with Crippen LogP contribution in [0.25, 0.3) is 0 Å². The van der Waals surface area contributed by atoms with Gasteiger partial charge in [0.1, 0.15) is 10.2 Å². The molecule has 0 aliphatic carbocycles. The van der Waals surface area contributed by atoms with Crippen LogP contribution in [0.15, 0.2) is 41.1 Å². The number of aryl methyl sites for hydroxylation is 2. The van der Waals surface area contributed by atoms with Gasteiger partial charge in [-0.3, -0.25) is 4.68 Å². The maximum absolute atomic E-state index is 10.8. The van der Waals surface area contributed by atoms with Crippen LogP contribution in [-0.4, -0.2) is 20.9 Å². The highest BCUT2D eigenvalue weighted by Gasteiger charge is 2.13. The first-order chi connectivity index (χ1) is 8.18. The maximum atomic E-state index is 10.8. The van der Waals surface area contributed by atoms with Crippen LogP contribution in [0.3, 0.4) is 0 Å². The topological polar surface area (TPSA) is 55.1 Å². The number of aromatic nitrogens is 2. The number of benzene rings is 1. The number of halogens is 1. The fourth-order valence-electron chi connectivity index (χ4n) is 1.55. The Kier molecular flexibility index (Phi) is 3.58. The van der Waals surface area contributed by atoms with Crippen molar-refractivity contribution in [1.29, 1.82) is 0 Å². The Bertz CT molecular complexity index is 523. The smallest absolute Gasteiger partial charge is 0.340 e. The molecule has 4 nitrogen and oxygen atoms in total. The van der Waals surface area contributed by atoms with Crippen LogP contribution in [0.1, 0.15) is 15.9 Å². The molecule has 0 unspecified atom stereocenters. The quantitative estimate of drug-likeness (QED) is 0.943. The van der Waals surface area contributed by atoms with Crippen molar-refractivity contribution in [3.05, 3.63) is 52.3 Å². The maximum Gasteiger partial charge on any atom is 0.340 e. The van der Waals surface area contributed by atoms with Crippen molar-refractivity contribution in [3.63, 3.8) is 0 Å². The van der Waals surface area contributed by atoms with Crippen LogP contribution in [0.4, 0.5) is 0 Å². The first kappa shape index (κ1) is 11.9. The van der Waals surface area contributed by atoms with E-state index in [1.807, 2.05) is 30.3 Å². The summed E-state index contributed by atoms with van der Waals surface area (Å²) in [7, 11) is 0. The van der Waals surface area contributed by atoms with E-state index in [1.54, 1.807) is 4.68 Å². The second-order valence-electron chi connectivity index (χ2n) is 3.61. The zero-order valence-corrected chi connectivity index (χ0v) is 10.6. The molecule has 0 saturated carbocycles. The minimum atomic E-state index is -0.970. The summed E-state index contributed by atoms with van der Waals surface area (Å²) in [6.07, 6.45) is 2.18. The third kappa shape index (κ3) is 2.74. The van der Waals surface area contributed by atoms with Crippen molar-refractivity contribution in [2.75, 3.05) is 0 Å². The molecule has 5 heteroatoms. The van der Waals surface area contributed by atoms with Gasteiger partial charge in [-0.1, -0.05) is 30.3 Å². The third-order valence-corrected chi connectivity index (χ3v) is 3.30. The number of hydrogen-bond donors (Lipinski definition) is 1. The van der Waals surface area contributed by atoms with Gasteiger partial charge in [-0.05, 0) is 27.9 Å². The molecule has 0 saturated heterocycles. The van der Waals surface area contributed by atoms with Gasteiger partial charge in [-0.15, -0.1) is 0 Å². The molecule has 2 aromatic rings. The van der Waals surface area contributed by atoms with Crippen molar-refractivity contribution in [2.45, 2.75) is 13.0 Å². The second kappa shape index (κ2) is 5.14. The number of carboxylic acids is 1. The van der Waals surface area contributed by atoms with Crippen LogP contribution in [0, 0.1) is 0 Å². The van der Waals surface area contributed by atoms with Gasteiger partial charge in [0.15, 0.2) is 0 Å². The average Bonchev–Trinajstić information content (AvgIpc) is 2.69. The van der Waals surface area contributed by atoms with Crippen molar-refractivity contribution >= 4 is 21.9 Å². The van der Waals surface area contributed by atoms with Gasteiger partial charge in [0, 0.05) is 6.54 Å². The summed E-state index contributed by atoms with van der Waals surface area (Å²) in [5, 5.41) is 12.9. The van der Waals surface area contributed by atoms with Crippen LogP contribution in [0.2, 0.25) is 0 Å². The molecule has 1 aromatic heterocycles. The van der Waals surface area contributed by atoms with E-state index in [0.717, 1.165) is 6.42 Å². The molecule has 0 aliphatic rings. The minimum absolute atomic E-state index is 0.193. The van der Waals surface area contributed by atoms with Crippen LogP contribution in [0.5, 0.6) is 0 Å². The molecular formula is C12H11BrN2O2. The summed E-state index contributed by atoms with van der Waals surface area (Å²) in [4.78, 5) is 10.8. The van der Waals surface area contributed by atoms with Crippen LogP contribution >= 0.6 is 15.9 Å². The highest BCUT2D eigenvalue weighted by atomic mass is 79.9. The Labute approximate surface area is 107 Å². The molecule has 1 heterocycles. The lowest BCUT2D eigenvalue weighted by Crippen LogP contribution is -2.04. The Morgan fingerprint density at radius 2 is 2.06 bits per heavy atom. The van der Waals surface area contributed by atoms with E-state index in [0.29, 0.717) is 11.1 Å². The Morgan fingerprint density at radius 1 is 1.35 bits per heavy atom. The largest absolute Gasteiger partial charge is 0.478 e. The normalized spacial score (nSPS) is 10.4. The summed E-state index contributed by atoms with van der Waals surface area (Å²) in [6.45, 7) is 0.651. The lowest BCUT2D eigenvalue weighted by atomic mass is 10.1. The van der Waals surface area contributed by atoms with E-state index in [9.17, 15) is 4.79 Å². The molecule has 1 aromatic carbocycles. The summed E-state index contributed by atoms with van der Waals surface area (Å²) in [6, 6.07) is 10.0. The molecule has 0 aliphatic heterocycles. The molecule has 0 bridgehead atoms. The number of nitrogens with zero attached hydrogens (tertiary/aromatic N) is 2. The summed E-state index contributed by atoms with van der Waals surface area (Å²) in [5.74, 6) is -0.970. The SMILES string of the molecule is O=C(O)c1cnn(CCc2ccccc2)c1Br. The zero-order chi connectivity index (χ0) is 12.3. The number of rotatable bonds is 4. The standard InChI is InChI=1S/C12H11BrN2O2/c13-11-10(12(16)17)8-14-15(11)7-6-9-4-2-1-3-5-9/h1-5,8H,6-7H2,(H,16,17). The molecule has 0 spiro atoms. The minimum Gasteiger partial charge on any atom is -0.478 e. The molecule has 0 fully saturated rings. The molecule has 0 atom stereocenters. The van der Waals surface area contributed by atoms with E-state index in [-0.39, 0.29) is 5.56 Å². The van der Waals surface area contributed by atoms with Crippen molar-refractivity contribution in [1.82, 2.24) is 9.78 Å². The summed E-state index contributed by atoms with van der Waals surface area (Å²) in [5.41, 5.74) is 1.39. The molecule has 0 radical (unpaired) electrons. The number of aromatic carboxylic acids is 1. The summed E-state index contributed by atoms with van der Waals surface area (Å²) >= 11 is 3.25. The van der Waals surface area contributed by atoms with Crippen LogP contribution < -0.4 is 0 Å². The third-order valence-electron chi connectivity index (χ3n) is 2.46. The number of hydrogen-bond acceptors (Lipinski definition) is 2. The van der Waals surface area contributed by atoms with Gasteiger partial charge in [0.2, 0.25) is 0 Å². The highest BCUT2D eigenvalue weighted by molar-refractivity contribution is 9.10.